The SMILES string of the molecule is CCCCCCCCCCCCCCCCSCC(CO)CC(N)=O.O=P(O)(O)O. The molecule has 0 aromatic heterocycles. The van der Waals surface area contributed by atoms with Crippen molar-refractivity contribution >= 4 is 25.5 Å². The van der Waals surface area contributed by atoms with E-state index in [1.165, 1.54) is 89.9 Å². The molecule has 0 aromatic rings. The average molecular weight is 472 g/mol. The second-order valence-electron chi connectivity index (χ2n) is 7.90. The third-order valence-electron chi connectivity index (χ3n) is 4.74. The van der Waals surface area contributed by atoms with Crippen molar-refractivity contribution in [1.82, 2.24) is 0 Å². The van der Waals surface area contributed by atoms with Gasteiger partial charge in [-0.25, -0.2) is 4.57 Å². The summed E-state index contributed by atoms with van der Waals surface area (Å²) in [5.74, 6) is 1.70. The highest BCUT2D eigenvalue weighted by Crippen LogP contribution is 2.25. The highest BCUT2D eigenvalue weighted by Gasteiger charge is 2.10. The average Bonchev–Trinajstić information content (AvgIpc) is 2.65. The number of carbonyl (C=O) groups excluding carboxylic acids is 1. The van der Waals surface area contributed by atoms with Crippen molar-refractivity contribution in [1.29, 1.82) is 0 Å². The zero-order chi connectivity index (χ0) is 23.1. The van der Waals surface area contributed by atoms with Crippen LogP contribution in [0.25, 0.3) is 0 Å². The van der Waals surface area contributed by atoms with E-state index in [0.717, 1.165) is 11.5 Å². The van der Waals surface area contributed by atoms with Crippen molar-refractivity contribution in [3.05, 3.63) is 0 Å². The minimum absolute atomic E-state index is 0.0362. The minimum atomic E-state index is -4.64. The Morgan fingerprint density at radius 3 is 1.53 bits per heavy atom. The second kappa shape index (κ2) is 23.6. The Morgan fingerprint density at radius 1 is 0.833 bits per heavy atom. The van der Waals surface area contributed by atoms with Gasteiger partial charge in [-0.05, 0) is 23.8 Å². The van der Waals surface area contributed by atoms with Gasteiger partial charge in [-0.3, -0.25) is 4.79 Å². The molecule has 6 N–H and O–H groups in total. The van der Waals surface area contributed by atoms with Crippen LogP contribution in [0.4, 0.5) is 0 Å². The Balaban J connectivity index is 0. The summed E-state index contributed by atoms with van der Waals surface area (Å²) >= 11 is 1.84. The lowest BCUT2D eigenvalue weighted by molar-refractivity contribution is -0.119. The van der Waals surface area contributed by atoms with Gasteiger partial charge in [0.15, 0.2) is 0 Å². The number of hydrogen-bond acceptors (Lipinski definition) is 4. The molecule has 1 atom stereocenters. The monoisotopic (exact) mass is 471 g/mol. The number of aliphatic hydroxyl groups is 1. The Labute approximate surface area is 187 Å². The molecule has 0 rings (SSSR count). The van der Waals surface area contributed by atoms with E-state index < -0.39 is 7.82 Å². The lowest BCUT2D eigenvalue weighted by Gasteiger charge is -2.11. The molecular formula is C21H46NO6PS. The number of amides is 1. The second-order valence-corrected chi connectivity index (χ2v) is 10.1. The number of primary amides is 1. The number of nitrogens with two attached hydrogens (primary N) is 1. The predicted octanol–water partition coefficient (Wildman–Crippen LogP) is 4.76. The quantitative estimate of drug-likeness (QED) is 0.127. The Kier molecular flexibility index (Phi) is 25.2. The van der Waals surface area contributed by atoms with Crippen LogP contribution in [0.15, 0.2) is 0 Å². The van der Waals surface area contributed by atoms with Crippen molar-refractivity contribution in [3.8, 4) is 0 Å². The largest absolute Gasteiger partial charge is 0.466 e. The lowest BCUT2D eigenvalue weighted by Crippen LogP contribution is -2.20. The van der Waals surface area contributed by atoms with E-state index in [2.05, 4.69) is 6.92 Å². The van der Waals surface area contributed by atoms with Gasteiger partial charge >= 0.3 is 7.82 Å². The molecule has 0 heterocycles. The summed E-state index contributed by atoms with van der Waals surface area (Å²) in [5, 5.41) is 9.18. The van der Waals surface area contributed by atoms with Gasteiger partial charge in [0.05, 0.1) is 0 Å². The summed E-state index contributed by atoms with van der Waals surface area (Å²) in [7, 11) is -4.64. The number of carbonyl (C=O) groups is 1. The fourth-order valence-corrected chi connectivity index (χ4v) is 4.24. The smallest absolute Gasteiger partial charge is 0.396 e. The zero-order valence-electron chi connectivity index (χ0n) is 18.8. The molecule has 182 valence electrons. The van der Waals surface area contributed by atoms with Crippen molar-refractivity contribution in [2.45, 2.75) is 103 Å². The molecule has 9 heteroatoms. The Bertz CT molecular complexity index is 414. The summed E-state index contributed by atoms with van der Waals surface area (Å²) in [6.45, 7) is 2.34. The molecule has 0 aliphatic heterocycles. The molecule has 30 heavy (non-hydrogen) atoms. The maximum atomic E-state index is 10.8. The van der Waals surface area contributed by atoms with Gasteiger partial charge in [0.25, 0.3) is 0 Å². The van der Waals surface area contributed by atoms with Gasteiger partial charge in [0.2, 0.25) is 5.91 Å². The number of hydrogen-bond donors (Lipinski definition) is 5. The van der Waals surface area contributed by atoms with Crippen molar-refractivity contribution in [2.75, 3.05) is 18.1 Å². The number of rotatable bonds is 20. The Morgan fingerprint density at radius 2 is 1.20 bits per heavy atom. The molecule has 0 aliphatic rings. The number of aliphatic hydroxyl groups excluding tert-OH is 1. The molecule has 0 saturated heterocycles. The van der Waals surface area contributed by atoms with Crippen LogP contribution in [0, 0.1) is 5.92 Å². The van der Waals surface area contributed by atoms with Crippen LogP contribution in [-0.2, 0) is 9.36 Å². The minimum Gasteiger partial charge on any atom is -0.396 e. The molecule has 0 bridgehead atoms. The molecule has 1 unspecified atom stereocenters. The fraction of sp³-hybridized carbons (Fsp3) is 0.952. The third-order valence-corrected chi connectivity index (χ3v) is 6.03. The van der Waals surface area contributed by atoms with E-state index in [1.54, 1.807) is 0 Å². The first-order valence-corrected chi connectivity index (χ1v) is 14.2. The predicted molar refractivity (Wildman–Crippen MR) is 126 cm³/mol. The van der Waals surface area contributed by atoms with Crippen LogP contribution < -0.4 is 5.73 Å². The number of phosphoric acid groups is 1. The molecule has 1 amide bonds. The normalized spacial score (nSPS) is 12.3. The van der Waals surface area contributed by atoms with Crippen LogP contribution in [0.3, 0.4) is 0 Å². The van der Waals surface area contributed by atoms with Gasteiger partial charge in [0.1, 0.15) is 0 Å². The van der Waals surface area contributed by atoms with Crippen molar-refractivity contribution in [2.24, 2.45) is 11.7 Å². The topological polar surface area (TPSA) is 141 Å². The van der Waals surface area contributed by atoms with Gasteiger partial charge < -0.3 is 25.5 Å². The standard InChI is InChI=1S/C21H43NO2S.H3O4P/c1-2-3-4-5-6-7-8-9-10-11-12-13-14-15-16-25-19-20(18-23)17-21(22)24;1-5(2,3)4/h20,23H,2-19H2,1H3,(H2,22,24);(H3,1,2,3,4). The fourth-order valence-electron chi connectivity index (χ4n) is 3.11. The third kappa shape index (κ3) is 35.3. The first kappa shape index (κ1) is 32.1. The van der Waals surface area contributed by atoms with E-state index >= 15 is 0 Å². The summed E-state index contributed by atoms with van der Waals surface area (Å²) < 4.78 is 8.88. The maximum absolute atomic E-state index is 10.8. The van der Waals surface area contributed by atoms with Crippen LogP contribution in [0.1, 0.15) is 103 Å². The first-order valence-electron chi connectivity index (χ1n) is 11.5. The summed E-state index contributed by atoms with van der Waals surface area (Å²) in [6, 6.07) is 0. The number of thioether (sulfide) groups is 1. The van der Waals surface area contributed by atoms with Crippen LogP contribution in [0.5, 0.6) is 0 Å². The van der Waals surface area contributed by atoms with E-state index in [9.17, 15) is 9.90 Å². The van der Waals surface area contributed by atoms with Crippen molar-refractivity contribution < 1.29 is 29.1 Å². The molecule has 0 saturated carbocycles. The maximum Gasteiger partial charge on any atom is 0.466 e. The highest BCUT2D eigenvalue weighted by molar-refractivity contribution is 7.99. The summed E-state index contributed by atoms with van der Waals surface area (Å²) in [5.41, 5.74) is 5.17. The molecule has 0 aromatic carbocycles. The highest BCUT2D eigenvalue weighted by atomic mass is 32.2. The van der Waals surface area contributed by atoms with Gasteiger partial charge in [-0.1, -0.05) is 90.4 Å². The van der Waals surface area contributed by atoms with Crippen LogP contribution >= 0.6 is 19.6 Å². The summed E-state index contributed by atoms with van der Waals surface area (Å²) in [4.78, 5) is 32.4. The molecule has 0 spiro atoms. The van der Waals surface area contributed by atoms with E-state index in [-0.39, 0.29) is 18.4 Å². The molecule has 7 nitrogen and oxygen atoms in total. The van der Waals surface area contributed by atoms with E-state index in [0.29, 0.717) is 6.42 Å². The molecule has 0 aliphatic carbocycles. The van der Waals surface area contributed by atoms with Gasteiger partial charge in [0, 0.05) is 13.0 Å². The molecule has 0 radical (unpaired) electrons. The summed E-state index contributed by atoms with van der Waals surface area (Å²) in [6.07, 6.45) is 19.8. The van der Waals surface area contributed by atoms with Crippen LogP contribution in [0.2, 0.25) is 0 Å². The zero-order valence-corrected chi connectivity index (χ0v) is 20.6. The first-order chi connectivity index (χ1) is 14.2. The van der Waals surface area contributed by atoms with Gasteiger partial charge in [-0.15, -0.1) is 0 Å². The van der Waals surface area contributed by atoms with Gasteiger partial charge in [-0.2, -0.15) is 11.8 Å². The molecular weight excluding hydrogens is 425 g/mol. The Hall–Kier alpha value is -0.110. The van der Waals surface area contributed by atoms with Crippen LogP contribution in [-0.4, -0.2) is 43.8 Å². The van der Waals surface area contributed by atoms with E-state index in [4.69, 9.17) is 25.0 Å². The van der Waals surface area contributed by atoms with Crippen molar-refractivity contribution in [3.63, 3.8) is 0 Å². The lowest BCUT2D eigenvalue weighted by atomic mass is 10.0. The number of unbranched alkanes of at least 4 members (excludes halogenated alkanes) is 13. The molecule has 0 fully saturated rings. The van der Waals surface area contributed by atoms with E-state index in [1.807, 2.05) is 11.8 Å².